The second-order valence-corrected chi connectivity index (χ2v) is 8.07. The highest BCUT2D eigenvalue weighted by molar-refractivity contribution is 5.94. The van der Waals surface area contributed by atoms with Gasteiger partial charge in [-0.05, 0) is 57.0 Å². The molecular formula is C24H32N2O2. The second-order valence-electron chi connectivity index (χ2n) is 8.07. The lowest BCUT2D eigenvalue weighted by Gasteiger charge is -2.47. The van der Waals surface area contributed by atoms with Crippen molar-refractivity contribution in [2.75, 3.05) is 19.6 Å². The number of hydrogen-bond donors (Lipinski definition) is 1. The van der Waals surface area contributed by atoms with Gasteiger partial charge in [0.2, 0.25) is 0 Å². The van der Waals surface area contributed by atoms with E-state index < -0.39 is 0 Å². The number of rotatable bonds is 6. The van der Waals surface area contributed by atoms with Crippen LogP contribution >= 0.6 is 0 Å². The van der Waals surface area contributed by atoms with Gasteiger partial charge in [0.25, 0.3) is 0 Å². The van der Waals surface area contributed by atoms with Gasteiger partial charge in [-0.15, -0.1) is 0 Å². The van der Waals surface area contributed by atoms with Crippen molar-refractivity contribution in [3.63, 3.8) is 0 Å². The standard InChI is InChI=1S/C24H32N2O2/c1-5-13-25-15-18(3)26(16-17(25)2)24(22-7-6-8-23(28)14-22)21-11-9-20(10-12-21)19(4)27/h6-12,14,17-18,24,28H,5,13,15-16H2,1-4H3/t17-,18-,24+/m1/s1. The zero-order chi connectivity index (χ0) is 20.3. The fraction of sp³-hybridized carbons (Fsp3) is 0.458. The highest BCUT2D eigenvalue weighted by Gasteiger charge is 2.34. The van der Waals surface area contributed by atoms with Gasteiger partial charge < -0.3 is 5.11 Å². The Balaban J connectivity index is 1.98. The zero-order valence-electron chi connectivity index (χ0n) is 17.4. The molecule has 1 fully saturated rings. The van der Waals surface area contributed by atoms with E-state index in [2.05, 4.69) is 48.8 Å². The summed E-state index contributed by atoms with van der Waals surface area (Å²) >= 11 is 0. The van der Waals surface area contributed by atoms with Gasteiger partial charge >= 0.3 is 0 Å². The SMILES string of the molecule is CCCN1C[C@@H](C)N([C@@H](c2ccc(C(C)=O)cc2)c2cccc(O)c2)C[C@H]1C. The number of piperazine rings is 1. The molecule has 3 atom stereocenters. The fourth-order valence-electron chi connectivity index (χ4n) is 4.35. The molecule has 1 heterocycles. The van der Waals surface area contributed by atoms with Crippen LogP contribution in [0.25, 0.3) is 0 Å². The summed E-state index contributed by atoms with van der Waals surface area (Å²) in [6.07, 6.45) is 1.17. The van der Waals surface area contributed by atoms with Gasteiger partial charge in [0.15, 0.2) is 5.78 Å². The van der Waals surface area contributed by atoms with Crippen LogP contribution in [-0.4, -0.2) is 52.4 Å². The lowest BCUT2D eigenvalue weighted by atomic mass is 9.92. The van der Waals surface area contributed by atoms with Gasteiger partial charge in [-0.2, -0.15) is 0 Å². The van der Waals surface area contributed by atoms with E-state index in [1.165, 1.54) is 6.42 Å². The van der Waals surface area contributed by atoms with E-state index in [0.717, 1.165) is 36.3 Å². The molecule has 28 heavy (non-hydrogen) atoms. The average Bonchev–Trinajstić information content (AvgIpc) is 2.66. The van der Waals surface area contributed by atoms with Gasteiger partial charge in [-0.25, -0.2) is 0 Å². The molecule has 150 valence electrons. The first-order chi connectivity index (χ1) is 13.4. The Kier molecular flexibility index (Phi) is 6.53. The van der Waals surface area contributed by atoms with Crippen molar-refractivity contribution in [2.24, 2.45) is 0 Å². The summed E-state index contributed by atoms with van der Waals surface area (Å²) < 4.78 is 0. The number of carbonyl (C=O) groups excluding carboxylic acids is 1. The molecule has 1 N–H and O–H groups in total. The Morgan fingerprint density at radius 3 is 2.39 bits per heavy atom. The molecule has 1 aliphatic heterocycles. The van der Waals surface area contributed by atoms with E-state index in [4.69, 9.17) is 0 Å². The minimum absolute atomic E-state index is 0.0503. The largest absolute Gasteiger partial charge is 0.508 e. The van der Waals surface area contributed by atoms with E-state index in [9.17, 15) is 9.90 Å². The number of aromatic hydroxyl groups is 1. The summed E-state index contributed by atoms with van der Waals surface area (Å²) in [7, 11) is 0. The summed E-state index contributed by atoms with van der Waals surface area (Å²) in [6, 6.07) is 16.4. The molecule has 0 radical (unpaired) electrons. The van der Waals surface area contributed by atoms with Crippen LogP contribution in [0, 0.1) is 0 Å². The van der Waals surface area contributed by atoms with E-state index in [1.54, 1.807) is 13.0 Å². The normalized spacial score (nSPS) is 22.1. The minimum Gasteiger partial charge on any atom is -0.508 e. The molecule has 0 unspecified atom stereocenters. The molecule has 0 saturated carbocycles. The third-order valence-electron chi connectivity index (χ3n) is 5.82. The fourth-order valence-corrected chi connectivity index (χ4v) is 4.35. The van der Waals surface area contributed by atoms with Crippen LogP contribution in [-0.2, 0) is 0 Å². The molecule has 0 aromatic heterocycles. The summed E-state index contributed by atoms with van der Waals surface area (Å²) in [5, 5.41) is 10.1. The topological polar surface area (TPSA) is 43.8 Å². The molecule has 0 bridgehead atoms. The molecule has 3 rings (SSSR count). The van der Waals surface area contributed by atoms with Crippen molar-refractivity contribution < 1.29 is 9.90 Å². The summed E-state index contributed by atoms with van der Waals surface area (Å²) in [6.45, 7) is 11.5. The highest BCUT2D eigenvalue weighted by atomic mass is 16.3. The Morgan fingerprint density at radius 1 is 1.07 bits per heavy atom. The van der Waals surface area contributed by atoms with Gasteiger partial charge in [0, 0.05) is 30.7 Å². The number of nitrogens with zero attached hydrogens (tertiary/aromatic N) is 2. The number of phenolic OH excluding ortho intramolecular Hbond substituents is 1. The first-order valence-electron chi connectivity index (χ1n) is 10.3. The third-order valence-corrected chi connectivity index (χ3v) is 5.82. The van der Waals surface area contributed by atoms with E-state index >= 15 is 0 Å². The molecule has 1 aliphatic rings. The van der Waals surface area contributed by atoms with Crippen molar-refractivity contribution >= 4 is 5.78 Å². The van der Waals surface area contributed by atoms with Gasteiger partial charge in [0.05, 0.1) is 6.04 Å². The molecule has 0 aliphatic carbocycles. The number of ketones is 1. The second kappa shape index (κ2) is 8.89. The summed E-state index contributed by atoms with van der Waals surface area (Å²) in [5.41, 5.74) is 2.96. The maximum Gasteiger partial charge on any atom is 0.159 e. The monoisotopic (exact) mass is 380 g/mol. The van der Waals surface area contributed by atoms with Crippen molar-refractivity contribution in [1.82, 2.24) is 9.80 Å². The molecular weight excluding hydrogens is 348 g/mol. The van der Waals surface area contributed by atoms with Crippen molar-refractivity contribution in [3.05, 3.63) is 65.2 Å². The molecule has 2 aromatic rings. The van der Waals surface area contributed by atoms with Gasteiger partial charge in [0.1, 0.15) is 5.75 Å². The molecule has 2 aromatic carbocycles. The molecule has 0 spiro atoms. The van der Waals surface area contributed by atoms with E-state index in [0.29, 0.717) is 12.1 Å². The predicted molar refractivity (Wildman–Crippen MR) is 114 cm³/mol. The number of carbonyl (C=O) groups is 1. The first-order valence-corrected chi connectivity index (χ1v) is 10.3. The van der Waals surface area contributed by atoms with Crippen LogP contribution in [0.4, 0.5) is 0 Å². The Morgan fingerprint density at radius 2 is 1.79 bits per heavy atom. The lowest BCUT2D eigenvalue weighted by Crippen LogP contribution is -2.57. The molecule has 4 nitrogen and oxygen atoms in total. The smallest absolute Gasteiger partial charge is 0.159 e. The first kappa shape index (κ1) is 20.6. The lowest BCUT2D eigenvalue weighted by molar-refractivity contribution is 0.0241. The van der Waals surface area contributed by atoms with Crippen LogP contribution in [0.5, 0.6) is 5.75 Å². The Labute approximate surface area is 168 Å². The molecule has 1 saturated heterocycles. The number of hydrogen-bond acceptors (Lipinski definition) is 4. The Hall–Kier alpha value is -2.17. The maximum absolute atomic E-state index is 11.7. The average molecular weight is 381 g/mol. The number of benzene rings is 2. The van der Waals surface area contributed by atoms with Crippen LogP contribution < -0.4 is 0 Å². The number of Topliss-reactive ketones (excluding diaryl/α,β-unsaturated/α-hetero) is 1. The van der Waals surface area contributed by atoms with Crippen LogP contribution in [0.3, 0.4) is 0 Å². The summed E-state index contributed by atoms with van der Waals surface area (Å²) in [4.78, 5) is 16.8. The third kappa shape index (κ3) is 4.45. The molecule has 0 amide bonds. The van der Waals surface area contributed by atoms with E-state index in [1.807, 2.05) is 24.3 Å². The highest BCUT2D eigenvalue weighted by Crippen LogP contribution is 2.34. The van der Waals surface area contributed by atoms with Crippen LogP contribution in [0.1, 0.15) is 61.6 Å². The van der Waals surface area contributed by atoms with Gasteiger partial charge in [-0.3, -0.25) is 14.6 Å². The zero-order valence-corrected chi connectivity index (χ0v) is 17.4. The van der Waals surface area contributed by atoms with Crippen molar-refractivity contribution in [2.45, 2.75) is 52.2 Å². The Bertz CT molecular complexity index is 803. The maximum atomic E-state index is 11.7. The van der Waals surface area contributed by atoms with E-state index in [-0.39, 0.29) is 17.6 Å². The van der Waals surface area contributed by atoms with Gasteiger partial charge in [-0.1, -0.05) is 43.3 Å². The molecule has 4 heteroatoms. The number of phenols is 1. The van der Waals surface area contributed by atoms with Crippen LogP contribution in [0.2, 0.25) is 0 Å². The minimum atomic E-state index is 0.0503. The van der Waals surface area contributed by atoms with Crippen molar-refractivity contribution in [1.29, 1.82) is 0 Å². The van der Waals surface area contributed by atoms with Crippen molar-refractivity contribution in [3.8, 4) is 5.75 Å². The van der Waals surface area contributed by atoms with Crippen LogP contribution in [0.15, 0.2) is 48.5 Å². The summed E-state index contributed by atoms with van der Waals surface area (Å²) in [5.74, 6) is 0.365. The predicted octanol–water partition coefficient (Wildman–Crippen LogP) is 4.49. The quantitative estimate of drug-likeness (QED) is 0.750.